The highest BCUT2D eigenvalue weighted by Gasteiger charge is 2.39. The highest BCUT2D eigenvalue weighted by molar-refractivity contribution is 5.71. The molecule has 1 aromatic heterocycles. The van der Waals surface area contributed by atoms with Gasteiger partial charge in [-0.3, -0.25) is 4.90 Å². The molecule has 4 heterocycles. The van der Waals surface area contributed by atoms with Crippen molar-refractivity contribution >= 4 is 5.95 Å². The fourth-order valence-corrected chi connectivity index (χ4v) is 4.28. The van der Waals surface area contributed by atoms with Crippen LogP contribution in [0.15, 0.2) is 30.6 Å². The Kier molecular flexibility index (Phi) is 4.68. The Balaban J connectivity index is 1.54. The molecule has 6 heteroatoms. The van der Waals surface area contributed by atoms with E-state index in [9.17, 15) is 0 Å². The molecule has 5 rings (SSSR count). The third-order valence-corrected chi connectivity index (χ3v) is 5.84. The maximum Gasteiger partial charge on any atom is 0.222 e. The van der Waals surface area contributed by atoms with Gasteiger partial charge >= 0.3 is 0 Å². The predicted molar refractivity (Wildman–Crippen MR) is 102 cm³/mol. The Morgan fingerprint density at radius 1 is 1.08 bits per heavy atom. The van der Waals surface area contributed by atoms with Gasteiger partial charge in [0.15, 0.2) is 0 Å². The molecule has 2 unspecified atom stereocenters. The number of anilines is 1. The molecule has 0 amide bonds. The Morgan fingerprint density at radius 3 is 2.42 bits per heavy atom. The van der Waals surface area contributed by atoms with Gasteiger partial charge in [0, 0.05) is 35.6 Å². The van der Waals surface area contributed by atoms with Crippen LogP contribution < -0.4 is 14.8 Å². The van der Waals surface area contributed by atoms with Crippen LogP contribution in [0.3, 0.4) is 0 Å². The van der Waals surface area contributed by atoms with Gasteiger partial charge in [-0.1, -0.05) is 0 Å². The van der Waals surface area contributed by atoms with E-state index < -0.39 is 0 Å². The molecule has 0 spiro atoms. The number of ether oxygens (including phenoxy) is 2. The van der Waals surface area contributed by atoms with Crippen LogP contribution in [0.2, 0.25) is 0 Å². The molecule has 138 valence electrons. The standard InChI is InChI=1S/C20H26N4O2/c1-13-19(14-6-8-24(13)9-7-14)23-20-21-11-15(12-22-20)17-10-16(25-2)4-5-18(17)26-3/h4-5,10-14,19H,6-9H2,1-3H3,(H,21,22,23). The highest BCUT2D eigenvalue weighted by atomic mass is 16.5. The molecule has 2 bridgehead atoms. The van der Waals surface area contributed by atoms with Crippen molar-refractivity contribution in [1.82, 2.24) is 14.9 Å². The molecule has 0 radical (unpaired) electrons. The maximum atomic E-state index is 5.47. The van der Waals surface area contributed by atoms with Crippen LogP contribution in [0.1, 0.15) is 19.8 Å². The minimum absolute atomic E-state index is 0.426. The van der Waals surface area contributed by atoms with Gasteiger partial charge in [-0.15, -0.1) is 0 Å². The van der Waals surface area contributed by atoms with Crippen LogP contribution in [-0.4, -0.2) is 54.3 Å². The molecule has 3 aliphatic heterocycles. The molecule has 3 saturated heterocycles. The molecule has 26 heavy (non-hydrogen) atoms. The molecule has 2 atom stereocenters. The SMILES string of the molecule is COc1ccc(OC)c(-c2cnc(NC3C4CCN(CC4)C3C)nc2)c1. The summed E-state index contributed by atoms with van der Waals surface area (Å²) in [5.41, 5.74) is 1.84. The number of hydrogen-bond acceptors (Lipinski definition) is 6. The first-order chi connectivity index (χ1) is 12.7. The smallest absolute Gasteiger partial charge is 0.222 e. The van der Waals surface area contributed by atoms with Crippen molar-refractivity contribution < 1.29 is 9.47 Å². The number of aromatic nitrogens is 2. The van der Waals surface area contributed by atoms with Crippen LogP contribution in [0.25, 0.3) is 11.1 Å². The lowest BCUT2D eigenvalue weighted by atomic mass is 9.79. The largest absolute Gasteiger partial charge is 0.497 e. The van der Waals surface area contributed by atoms with Gasteiger partial charge in [-0.2, -0.15) is 0 Å². The number of methoxy groups -OCH3 is 2. The summed E-state index contributed by atoms with van der Waals surface area (Å²) in [4.78, 5) is 11.7. The van der Waals surface area contributed by atoms with E-state index >= 15 is 0 Å². The average Bonchev–Trinajstić information content (AvgIpc) is 2.71. The summed E-state index contributed by atoms with van der Waals surface area (Å²) in [5.74, 6) is 2.98. The maximum absolute atomic E-state index is 5.47. The normalized spacial score (nSPS) is 27.2. The van der Waals surface area contributed by atoms with Gasteiger partial charge in [-0.25, -0.2) is 9.97 Å². The van der Waals surface area contributed by atoms with E-state index in [4.69, 9.17) is 9.47 Å². The Bertz CT molecular complexity index is 755. The number of rotatable bonds is 5. The van der Waals surface area contributed by atoms with E-state index in [1.165, 1.54) is 25.9 Å². The van der Waals surface area contributed by atoms with Crippen LogP contribution in [-0.2, 0) is 0 Å². The second-order valence-corrected chi connectivity index (χ2v) is 7.15. The summed E-state index contributed by atoms with van der Waals surface area (Å²) in [6.07, 6.45) is 6.22. The van der Waals surface area contributed by atoms with Crippen LogP contribution in [0, 0.1) is 5.92 Å². The molecule has 6 nitrogen and oxygen atoms in total. The Hall–Kier alpha value is -2.34. The first-order valence-electron chi connectivity index (χ1n) is 9.24. The molecule has 0 saturated carbocycles. The predicted octanol–water partition coefficient (Wildman–Crippen LogP) is 3.06. The molecule has 0 aliphatic carbocycles. The van der Waals surface area contributed by atoms with Gasteiger partial charge in [0.1, 0.15) is 11.5 Å². The third kappa shape index (κ3) is 3.09. The minimum Gasteiger partial charge on any atom is -0.497 e. The van der Waals surface area contributed by atoms with E-state index in [0.29, 0.717) is 18.0 Å². The first kappa shape index (κ1) is 17.1. The summed E-state index contributed by atoms with van der Waals surface area (Å²) >= 11 is 0. The van der Waals surface area contributed by atoms with E-state index in [2.05, 4.69) is 27.1 Å². The number of nitrogens with one attached hydrogen (secondary N) is 1. The van der Waals surface area contributed by atoms with Crippen molar-refractivity contribution in [3.05, 3.63) is 30.6 Å². The third-order valence-electron chi connectivity index (χ3n) is 5.84. The molecular formula is C20H26N4O2. The van der Waals surface area contributed by atoms with Gasteiger partial charge in [0.2, 0.25) is 5.95 Å². The molecule has 2 aromatic rings. The molecule has 3 aliphatic rings. The number of piperidine rings is 3. The topological polar surface area (TPSA) is 59.5 Å². The van der Waals surface area contributed by atoms with E-state index in [-0.39, 0.29) is 0 Å². The summed E-state index contributed by atoms with van der Waals surface area (Å²) in [6.45, 7) is 4.75. The van der Waals surface area contributed by atoms with E-state index in [1.54, 1.807) is 14.2 Å². The monoisotopic (exact) mass is 354 g/mol. The summed E-state index contributed by atoms with van der Waals surface area (Å²) < 4.78 is 10.8. The fraction of sp³-hybridized carbons (Fsp3) is 0.500. The van der Waals surface area contributed by atoms with Gasteiger partial charge < -0.3 is 14.8 Å². The number of fused-ring (bicyclic) bond motifs is 3. The number of benzene rings is 1. The number of nitrogens with zero attached hydrogens (tertiary/aromatic N) is 3. The lowest BCUT2D eigenvalue weighted by Crippen LogP contribution is -2.59. The minimum atomic E-state index is 0.426. The fourth-order valence-electron chi connectivity index (χ4n) is 4.28. The van der Waals surface area contributed by atoms with Gasteiger partial charge in [0.05, 0.1) is 14.2 Å². The average molecular weight is 354 g/mol. The molecular weight excluding hydrogens is 328 g/mol. The molecule has 3 fully saturated rings. The van der Waals surface area contributed by atoms with Gasteiger partial charge in [0.25, 0.3) is 0 Å². The van der Waals surface area contributed by atoms with Crippen molar-refractivity contribution in [2.45, 2.75) is 31.8 Å². The van der Waals surface area contributed by atoms with Crippen molar-refractivity contribution in [3.8, 4) is 22.6 Å². The summed E-state index contributed by atoms with van der Waals surface area (Å²) in [5, 5.41) is 3.57. The van der Waals surface area contributed by atoms with Crippen LogP contribution in [0.5, 0.6) is 11.5 Å². The zero-order valence-corrected chi connectivity index (χ0v) is 15.6. The van der Waals surface area contributed by atoms with Crippen LogP contribution in [0.4, 0.5) is 5.95 Å². The zero-order chi connectivity index (χ0) is 18.1. The Labute approximate surface area is 154 Å². The van der Waals surface area contributed by atoms with Crippen molar-refractivity contribution in [2.24, 2.45) is 5.92 Å². The van der Waals surface area contributed by atoms with Crippen LogP contribution >= 0.6 is 0 Å². The first-order valence-corrected chi connectivity index (χ1v) is 9.24. The molecule has 1 N–H and O–H groups in total. The van der Waals surface area contributed by atoms with Crippen molar-refractivity contribution in [3.63, 3.8) is 0 Å². The zero-order valence-electron chi connectivity index (χ0n) is 15.6. The van der Waals surface area contributed by atoms with E-state index in [0.717, 1.165) is 28.5 Å². The lowest BCUT2D eigenvalue weighted by Gasteiger charge is -2.49. The summed E-state index contributed by atoms with van der Waals surface area (Å²) in [7, 11) is 3.32. The number of hydrogen-bond donors (Lipinski definition) is 1. The Morgan fingerprint density at radius 2 is 1.81 bits per heavy atom. The van der Waals surface area contributed by atoms with Crippen molar-refractivity contribution in [1.29, 1.82) is 0 Å². The summed E-state index contributed by atoms with van der Waals surface area (Å²) in [6, 6.07) is 6.68. The quantitative estimate of drug-likeness (QED) is 0.891. The molecule has 1 aromatic carbocycles. The van der Waals surface area contributed by atoms with Crippen molar-refractivity contribution in [2.75, 3.05) is 32.6 Å². The van der Waals surface area contributed by atoms with Gasteiger partial charge in [-0.05, 0) is 57.0 Å². The van der Waals surface area contributed by atoms with E-state index in [1.807, 2.05) is 30.6 Å². The second-order valence-electron chi connectivity index (χ2n) is 7.15. The second kappa shape index (κ2) is 7.11. The lowest BCUT2D eigenvalue weighted by molar-refractivity contribution is 0.0455. The highest BCUT2D eigenvalue weighted by Crippen LogP contribution is 2.35.